The summed E-state index contributed by atoms with van der Waals surface area (Å²) in [7, 11) is 0. The average Bonchev–Trinajstić information content (AvgIpc) is 1.87. The Bertz CT molecular complexity index is 145. The van der Waals surface area contributed by atoms with Gasteiger partial charge in [-0.05, 0) is 11.6 Å². The molecule has 0 saturated carbocycles. The second-order valence-electron chi connectivity index (χ2n) is 0.938. The molecule has 0 atom stereocenters. The van der Waals surface area contributed by atoms with Gasteiger partial charge in [0.15, 0.2) is 6.20 Å². The summed E-state index contributed by atoms with van der Waals surface area (Å²) in [4.78, 5) is 3.37. The Morgan fingerprint density at radius 3 is 2.71 bits per heavy atom. The Morgan fingerprint density at radius 2 is 2.57 bits per heavy atom. The first-order valence-corrected chi connectivity index (χ1v) is 1.96. The number of hydrogen-bond acceptors (Lipinski definition) is 3. The molecule has 0 aliphatic carbocycles. The lowest BCUT2D eigenvalue weighted by Crippen LogP contribution is -1.79. The fourth-order valence-electron chi connectivity index (χ4n) is 0.236. The summed E-state index contributed by atoms with van der Waals surface area (Å²) >= 11 is 5.20. The molecule has 2 N–H and O–H groups in total. The fraction of sp³-hybridized carbons (Fsp3) is 0. The van der Waals surface area contributed by atoms with Crippen LogP contribution in [0.2, 0.25) is 5.22 Å². The van der Waals surface area contributed by atoms with Crippen molar-refractivity contribution >= 4 is 17.6 Å². The molecule has 0 aromatic carbocycles. The van der Waals surface area contributed by atoms with Gasteiger partial charge >= 0.3 is 0 Å². The molecule has 1 radical (unpaired) electrons. The molecule has 1 aromatic heterocycles. The number of hydrogen-bond donors (Lipinski definition) is 1. The minimum absolute atomic E-state index is 0.0463. The van der Waals surface area contributed by atoms with Gasteiger partial charge in [0.1, 0.15) is 0 Å². The number of rotatable bonds is 0. The molecule has 0 fully saturated rings. The molecule has 1 rings (SSSR count). The van der Waals surface area contributed by atoms with Crippen LogP contribution in [0.4, 0.5) is 6.01 Å². The van der Waals surface area contributed by atoms with Crippen molar-refractivity contribution < 1.29 is 4.42 Å². The fourth-order valence-corrected chi connectivity index (χ4v) is 0.358. The maximum Gasteiger partial charge on any atom is 0.293 e. The van der Waals surface area contributed by atoms with Crippen molar-refractivity contribution in [2.45, 2.75) is 0 Å². The van der Waals surface area contributed by atoms with E-state index in [2.05, 4.69) is 15.6 Å². The second-order valence-corrected chi connectivity index (χ2v) is 1.28. The van der Waals surface area contributed by atoms with Crippen LogP contribution in [-0.4, -0.2) is 4.98 Å². The van der Waals surface area contributed by atoms with Crippen molar-refractivity contribution in [2.75, 3.05) is 5.73 Å². The van der Waals surface area contributed by atoms with E-state index >= 15 is 0 Å². The highest BCUT2D eigenvalue weighted by molar-refractivity contribution is 6.28. The Kier molecular flexibility index (Phi) is 0.906. The third-order valence-corrected chi connectivity index (χ3v) is 0.610. The van der Waals surface area contributed by atoms with Crippen LogP contribution >= 0.6 is 11.6 Å². The highest BCUT2D eigenvalue weighted by atomic mass is 35.5. The standard InChI is InChI=1S/C3H2ClN2O/c4-2-1-6-3(5)7-2/h(H2,5,6). The molecule has 0 unspecified atom stereocenters. The van der Waals surface area contributed by atoms with Gasteiger partial charge in [-0.25, -0.2) is 0 Å². The lowest BCUT2D eigenvalue weighted by Gasteiger charge is -1.71. The van der Waals surface area contributed by atoms with E-state index < -0.39 is 0 Å². The number of nitrogen functional groups attached to an aromatic ring is 1. The van der Waals surface area contributed by atoms with Crippen LogP contribution in [0, 0.1) is 6.20 Å². The van der Waals surface area contributed by atoms with E-state index in [1.807, 2.05) is 0 Å². The second kappa shape index (κ2) is 1.42. The quantitative estimate of drug-likeness (QED) is 0.545. The molecule has 7 heavy (non-hydrogen) atoms. The molecule has 0 spiro atoms. The summed E-state index contributed by atoms with van der Waals surface area (Å²) in [6.07, 6.45) is 2.29. The molecule has 37 valence electrons. The van der Waals surface area contributed by atoms with Gasteiger partial charge in [0.2, 0.25) is 5.22 Å². The summed E-state index contributed by atoms with van der Waals surface area (Å²) in [5, 5.41) is 0.0949. The largest absolute Gasteiger partial charge is 0.411 e. The predicted octanol–water partition coefficient (Wildman–Crippen LogP) is 0.710. The van der Waals surface area contributed by atoms with Gasteiger partial charge in [-0.1, -0.05) is 0 Å². The molecule has 3 nitrogen and oxygen atoms in total. The predicted molar refractivity (Wildman–Crippen MR) is 24.8 cm³/mol. The van der Waals surface area contributed by atoms with Gasteiger partial charge in [0, 0.05) is 0 Å². The van der Waals surface area contributed by atoms with Gasteiger partial charge in [0.25, 0.3) is 6.01 Å². The highest BCUT2D eigenvalue weighted by Crippen LogP contribution is 2.08. The molecule has 0 aliphatic heterocycles. The summed E-state index contributed by atoms with van der Waals surface area (Å²) < 4.78 is 4.46. The topological polar surface area (TPSA) is 52.0 Å². The summed E-state index contributed by atoms with van der Waals surface area (Å²) in [5.74, 6) is 0. The maximum atomic E-state index is 5.20. The summed E-state index contributed by atoms with van der Waals surface area (Å²) in [6.45, 7) is 0. The first-order valence-electron chi connectivity index (χ1n) is 1.58. The van der Waals surface area contributed by atoms with Crippen LogP contribution < -0.4 is 5.73 Å². The SMILES string of the molecule is Nc1n[c]c(Cl)o1. The van der Waals surface area contributed by atoms with E-state index in [1.54, 1.807) is 0 Å². The van der Waals surface area contributed by atoms with E-state index in [0.717, 1.165) is 0 Å². The highest BCUT2D eigenvalue weighted by Gasteiger charge is 1.92. The van der Waals surface area contributed by atoms with Gasteiger partial charge < -0.3 is 10.2 Å². The molecule has 0 saturated heterocycles. The third kappa shape index (κ3) is 0.838. The van der Waals surface area contributed by atoms with Crippen molar-refractivity contribution in [2.24, 2.45) is 0 Å². The Hall–Kier alpha value is -0.700. The van der Waals surface area contributed by atoms with Crippen molar-refractivity contribution in [1.82, 2.24) is 4.98 Å². The minimum Gasteiger partial charge on any atom is -0.411 e. The van der Waals surface area contributed by atoms with Gasteiger partial charge in [-0.15, -0.1) is 0 Å². The smallest absolute Gasteiger partial charge is 0.293 e. The van der Waals surface area contributed by atoms with Crippen molar-refractivity contribution in [3.8, 4) is 0 Å². The first-order chi connectivity index (χ1) is 3.29. The van der Waals surface area contributed by atoms with E-state index in [9.17, 15) is 0 Å². The van der Waals surface area contributed by atoms with E-state index in [4.69, 9.17) is 17.3 Å². The molecular formula is C3H2ClN2O. The molecule has 0 aliphatic rings. The molecule has 0 bridgehead atoms. The zero-order chi connectivity index (χ0) is 5.28. The number of aromatic nitrogens is 1. The van der Waals surface area contributed by atoms with E-state index in [0.29, 0.717) is 0 Å². The number of oxazole rings is 1. The number of nitrogens with two attached hydrogens (primary N) is 1. The van der Waals surface area contributed by atoms with Gasteiger partial charge in [0.05, 0.1) is 0 Å². The van der Waals surface area contributed by atoms with Crippen LogP contribution in [0.5, 0.6) is 0 Å². The Labute approximate surface area is 45.1 Å². The summed E-state index contributed by atoms with van der Waals surface area (Å²) in [5.41, 5.74) is 4.99. The normalized spacial score (nSPS) is 9.29. The third-order valence-electron chi connectivity index (χ3n) is 0.448. The lowest BCUT2D eigenvalue weighted by molar-refractivity contribution is 0.582. The molecular weight excluding hydrogens is 115 g/mol. The number of halogens is 1. The number of nitrogens with zero attached hydrogens (tertiary/aromatic N) is 1. The van der Waals surface area contributed by atoms with Crippen molar-refractivity contribution in [1.29, 1.82) is 0 Å². The zero-order valence-electron chi connectivity index (χ0n) is 3.31. The van der Waals surface area contributed by atoms with Gasteiger partial charge in [-0.3, -0.25) is 0 Å². The average molecular weight is 118 g/mol. The van der Waals surface area contributed by atoms with Crippen molar-refractivity contribution in [3.05, 3.63) is 11.4 Å². The van der Waals surface area contributed by atoms with Crippen LogP contribution in [0.1, 0.15) is 0 Å². The van der Waals surface area contributed by atoms with Crippen LogP contribution in [0.15, 0.2) is 4.42 Å². The van der Waals surface area contributed by atoms with Crippen LogP contribution in [0.25, 0.3) is 0 Å². The Morgan fingerprint density at radius 1 is 1.86 bits per heavy atom. The monoisotopic (exact) mass is 117 g/mol. The van der Waals surface area contributed by atoms with Crippen LogP contribution in [0.3, 0.4) is 0 Å². The number of anilines is 1. The van der Waals surface area contributed by atoms with E-state index in [-0.39, 0.29) is 11.2 Å². The van der Waals surface area contributed by atoms with Gasteiger partial charge in [-0.2, -0.15) is 4.98 Å². The zero-order valence-corrected chi connectivity index (χ0v) is 4.07. The van der Waals surface area contributed by atoms with E-state index in [1.165, 1.54) is 0 Å². The lowest BCUT2D eigenvalue weighted by atomic mass is 11.0. The Balaban J connectivity index is 3.04. The maximum absolute atomic E-state index is 5.20. The first kappa shape index (κ1) is 4.46. The minimum atomic E-state index is 0.0463. The molecule has 4 heteroatoms. The molecule has 1 heterocycles. The molecule has 0 amide bonds. The molecule has 1 aromatic rings. The van der Waals surface area contributed by atoms with Crippen molar-refractivity contribution in [3.63, 3.8) is 0 Å². The summed E-state index contributed by atoms with van der Waals surface area (Å²) in [6, 6.07) is 0.0463. The van der Waals surface area contributed by atoms with Crippen LogP contribution in [-0.2, 0) is 0 Å².